The maximum atomic E-state index is 13.7. The van der Waals surface area contributed by atoms with Crippen molar-refractivity contribution in [2.75, 3.05) is 32.9 Å². The topological polar surface area (TPSA) is 75.1 Å². The van der Waals surface area contributed by atoms with Gasteiger partial charge in [0, 0.05) is 24.8 Å². The summed E-state index contributed by atoms with van der Waals surface area (Å²) in [5.41, 5.74) is 0.250. The van der Waals surface area contributed by atoms with Crippen molar-refractivity contribution in [2.24, 2.45) is 4.99 Å². The standard InChI is InChI=1S/C18H28FN3O3.HI/c1-3-20-18(22-13(2)11-25-14-8-9-24-12-14)21-10-17(23)15-6-4-5-7-16(15)19;/h4-7,13-14,17,23H,3,8-12H2,1-2H3,(H2,20,21,22);1H. The first kappa shape index (κ1) is 23.1. The van der Waals surface area contributed by atoms with Gasteiger partial charge >= 0.3 is 0 Å². The van der Waals surface area contributed by atoms with Gasteiger partial charge in [-0.05, 0) is 26.3 Å². The monoisotopic (exact) mass is 481 g/mol. The molecule has 1 saturated heterocycles. The van der Waals surface area contributed by atoms with Gasteiger partial charge in [-0.25, -0.2) is 4.39 Å². The lowest BCUT2D eigenvalue weighted by molar-refractivity contribution is 0.0347. The van der Waals surface area contributed by atoms with Gasteiger partial charge in [-0.2, -0.15) is 0 Å². The number of guanidine groups is 1. The van der Waals surface area contributed by atoms with Gasteiger partial charge in [-0.1, -0.05) is 18.2 Å². The molecule has 3 atom stereocenters. The van der Waals surface area contributed by atoms with Gasteiger partial charge in [0.1, 0.15) is 11.9 Å². The molecule has 0 saturated carbocycles. The van der Waals surface area contributed by atoms with Gasteiger partial charge in [-0.15, -0.1) is 24.0 Å². The fraction of sp³-hybridized carbons (Fsp3) is 0.611. The number of ether oxygens (including phenoxy) is 2. The second kappa shape index (κ2) is 12.4. The predicted molar refractivity (Wildman–Crippen MR) is 111 cm³/mol. The molecule has 0 bridgehead atoms. The molecular formula is C18H29FIN3O3. The number of rotatable bonds is 8. The molecular weight excluding hydrogens is 452 g/mol. The van der Waals surface area contributed by atoms with Crippen LogP contribution in [0.3, 0.4) is 0 Å². The molecule has 1 aromatic rings. The van der Waals surface area contributed by atoms with E-state index in [-0.39, 0.29) is 48.2 Å². The maximum Gasteiger partial charge on any atom is 0.191 e. The zero-order valence-corrected chi connectivity index (χ0v) is 17.6. The summed E-state index contributed by atoms with van der Waals surface area (Å²) in [7, 11) is 0. The number of nitrogens with zero attached hydrogens (tertiary/aromatic N) is 1. The van der Waals surface area contributed by atoms with E-state index in [0.717, 1.165) is 13.0 Å². The SMILES string of the molecule is CCNC(=NCC(O)c1ccccc1F)NC(C)COC1CCOC1.I. The summed E-state index contributed by atoms with van der Waals surface area (Å²) in [6.07, 6.45) is 0.0981. The van der Waals surface area contributed by atoms with Gasteiger partial charge < -0.3 is 25.2 Å². The normalized spacial score (nSPS) is 19.5. The Kier molecular flexibility index (Phi) is 11.0. The fourth-order valence-electron chi connectivity index (χ4n) is 2.54. The van der Waals surface area contributed by atoms with Gasteiger partial charge in [-0.3, -0.25) is 4.99 Å². The summed E-state index contributed by atoms with van der Waals surface area (Å²) in [6, 6.07) is 6.23. The third kappa shape index (κ3) is 7.73. The van der Waals surface area contributed by atoms with Gasteiger partial charge in [0.2, 0.25) is 0 Å². The fourth-order valence-corrected chi connectivity index (χ4v) is 2.54. The summed E-state index contributed by atoms with van der Waals surface area (Å²) >= 11 is 0. The Hall–Kier alpha value is -0.970. The molecule has 1 aromatic carbocycles. The lowest BCUT2D eigenvalue weighted by Crippen LogP contribution is -2.44. The highest BCUT2D eigenvalue weighted by molar-refractivity contribution is 14.0. The average Bonchev–Trinajstić information content (AvgIpc) is 3.12. The highest BCUT2D eigenvalue weighted by Crippen LogP contribution is 2.16. The molecule has 3 unspecified atom stereocenters. The van der Waals surface area contributed by atoms with Gasteiger partial charge in [0.15, 0.2) is 5.96 Å². The second-order valence-electron chi connectivity index (χ2n) is 6.12. The first-order valence-electron chi connectivity index (χ1n) is 8.76. The Balaban J connectivity index is 0.00000338. The average molecular weight is 481 g/mol. The maximum absolute atomic E-state index is 13.7. The molecule has 0 aromatic heterocycles. The zero-order valence-electron chi connectivity index (χ0n) is 15.3. The third-order valence-corrected chi connectivity index (χ3v) is 3.88. The Morgan fingerprint density at radius 3 is 2.88 bits per heavy atom. The van der Waals surface area contributed by atoms with Gasteiger partial charge in [0.05, 0.1) is 25.9 Å². The highest BCUT2D eigenvalue weighted by Gasteiger charge is 2.17. The number of benzene rings is 1. The van der Waals surface area contributed by atoms with E-state index in [1.165, 1.54) is 6.07 Å². The lowest BCUT2D eigenvalue weighted by Gasteiger charge is -2.20. The van der Waals surface area contributed by atoms with E-state index in [4.69, 9.17) is 9.47 Å². The van der Waals surface area contributed by atoms with Crippen LogP contribution in [0.15, 0.2) is 29.3 Å². The first-order chi connectivity index (χ1) is 12.1. The Bertz CT molecular complexity index is 556. The van der Waals surface area contributed by atoms with Crippen molar-refractivity contribution >= 4 is 29.9 Å². The minimum Gasteiger partial charge on any atom is -0.386 e. The van der Waals surface area contributed by atoms with Crippen LogP contribution in [0, 0.1) is 5.82 Å². The van der Waals surface area contributed by atoms with Crippen LogP contribution in [0.1, 0.15) is 31.9 Å². The molecule has 3 N–H and O–H groups in total. The molecule has 148 valence electrons. The van der Waals surface area contributed by atoms with Crippen LogP contribution >= 0.6 is 24.0 Å². The van der Waals surface area contributed by atoms with E-state index in [2.05, 4.69) is 15.6 Å². The number of aliphatic imine (C=N–C) groups is 1. The van der Waals surface area contributed by atoms with Crippen molar-refractivity contribution in [3.8, 4) is 0 Å². The predicted octanol–water partition coefficient (Wildman–Crippen LogP) is 2.23. The number of nitrogens with one attached hydrogen (secondary N) is 2. The summed E-state index contributed by atoms with van der Waals surface area (Å²) < 4.78 is 24.8. The Morgan fingerprint density at radius 1 is 1.46 bits per heavy atom. The minimum atomic E-state index is -0.987. The van der Waals surface area contributed by atoms with Crippen LogP contribution in [0.2, 0.25) is 0 Å². The van der Waals surface area contributed by atoms with Crippen LogP contribution in [-0.4, -0.2) is 56.1 Å². The molecule has 0 aliphatic carbocycles. The largest absolute Gasteiger partial charge is 0.386 e. The molecule has 6 nitrogen and oxygen atoms in total. The van der Waals surface area contributed by atoms with Gasteiger partial charge in [0.25, 0.3) is 0 Å². The van der Waals surface area contributed by atoms with E-state index in [9.17, 15) is 9.50 Å². The Labute approximate surface area is 171 Å². The summed E-state index contributed by atoms with van der Waals surface area (Å²) in [5, 5.41) is 16.5. The molecule has 1 heterocycles. The smallest absolute Gasteiger partial charge is 0.191 e. The first-order valence-corrected chi connectivity index (χ1v) is 8.76. The zero-order chi connectivity index (χ0) is 18.1. The number of aliphatic hydroxyl groups is 1. The van der Waals surface area contributed by atoms with Crippen molar-refractivity contribution in [3.05, 3.63) is 35.6 Å². The van der Waals surface area contributed by atoms with Crippen molar-refractivity contribution in [1.82, 2.24) is 10.6 Å². The van der Waals surface area contributed by atoms with Crippen molar-refractivity contribution in [1.29, 1.82) is 0 Å². The van der Waals surface area contributed by atoms with E-state index in [0.29, 0.717) is 25.7 Å². The molecule has 0 radical (unpaired) electrons. The van der Waals surface area contributed by atoms with Crippen molar-refractivity contribution in [3.63, 3.8) is 0 Å². The summed E-state index contributed by atoms with van der Waals surface area (Å²) in [5.74, 6) is 0.139. The van der Waals surface area contributed by atoms with Crippen LogP contribution in [0.4, 0.5) is 4.39 Å². The van der Waals surface area contributed by atoms with E-state index < -0.39 is 11.9 Å². The highest BCUT2D eigenvalue weighted by atomic mass is 127. The van der Waals surface area contributed by atoms with E-state index in [1.54, 1.807) is 18.2 Å². The van der Waals surface area contributed by atoms with Crippen molar-refractivity contribution in [2.45, 2.75) is 38.5 Å². The number of aliphatic hydroxyl groups excluding tert-OH is 1. The van der Waals surface area contributed by atoms with Crippen LogP contribution in [-0.2, 0) is 9.47 Å². The molecule has 1 fully saturated rings. The van der Waals surface area contributed by atoms with E-state index >= 15 is 0 Å². The summed E-state index contributed by atoms with van der Waals surface area (Å²) in [4.78, 5) is 4.35. The molecule has 8 heteroatoms. The molecule has 0 amide bonds. The summed E-state index contributed by atoms with van der Waals surface area (Å²) in [6.45, 7) is 6.65. The van der Waals surface area contributed by atoms with Crippen LogP contribution in [0.25, 0.3) is 0 Å². The molecule has 2 rings (SSSR count). The second-order valence-corrected chi connectivity index (χ2v) is 6.12. The quantitative estimate of drug-likeness (QED) is 0.302. The molecule has 26 heavy (non-hydrogen) atoms. The number of halogens is 2. The van der Waals surface area contributed by atoms with Crippen LogP contribution in [0.5, 0.6) is 0 Å². The minimum absolute atomic E-state index is 0. The number of hydrogen-bond donors (Lipinski definition) is 3. The molecule has 0 spiro atoms. The third-order valence-electron chi connectivity index (χ3n) is 3.88. The molecule has 1 aliphatic rings. The Morgan fingerprint density at radius 2 is 2.23 bits per heavy atom. The van der Waals surface area contributed by atoms with E-state index in [1.807, 2.05) is 13.8 Å². The lowest BCUT2D eigenvalue weighted by atomic mass is 10.1. The van der Waals surface area contributed by atoms with Crippen molar-refractivity contribution < 1.29 is 19.0 Å². The van der Waals surface area contributed by atoms with Crippen LogP contribution < -0.4 is 10.6 Å². The molecule has 1 aliphatic heterocycles. The number of hydrogen-bond acceptors (Lipinski definition) is 4.